The van der Waals surface area contributed by atoms with E-state index in [1.807, 2.05) is 0 Å². The van der Waals surface area contributed by atoms with Gasteiger partial charge in [0.15, 0.2) is 0 Å². The van der Waals surface area contributed by atoms with Gasteiger partial charge in [0, 0.05) is 6.61 Å². The van der Waals surface area contributed by atoms with Crippen molar-refractivity contribution in [3.05, 3.63) is 11.6 Å². The first-order valence-electron chi connectivity index (χ1n) is 6.93. The largest absolute Gasteiger partial charge is 0.458 e. The van der Waals surface area contributed by atoms with Crippen LogP contribution in [0.2, 0.25) is 0 Å². The molecule has 102 valence electrons. The number of ether oxygens (including phenoxy) is 2. The second-order valence-electron chi connectivity index (χ2n) is 6.43. The molecule has 1 saturated heterocycles. The summed E-state index contributed by atoms with van der Waals surface area (Å²) in [7, 11) is 0. The van der Waals surface area contributed by atoms with Crippen LogP contribution in [0, 0.1) is 5.41 Å². The van der Waals surface area contributed by atoms with E-state index in [9.17, 15) is 4.79 Å². The van der Waals surface area contributed by atoms with Crippen LogP contribution in [0.3, 0.4) is 0 Å². The highest BCUT2D eigenvalue weighted by molar-refractivity contribution is 5.70. The molecule has 1 aliphatic heterocycles. The van der Waals surface area contributed by atoms with E-state index in [1.165, 1.54) is 5.57 Å². The van der Waals surface area contributed by atoms with Gasteiger partial charge in [-0.3, -0.25) is 4.79 Å². The molecule has 0 unspecified atom stereocenters. The predicted octanol–water partition coefficient (Wildman–Crippen LogP) is 3.23. The van der Waals surface area contributed by atoms with Crippen molar-refractivity contribution in [2.24, 2.45) is 5.41 Å². The van der Waals surface area contributed by atoms with Gasteiger partial charge in [-0.25, -0.2) is 0 Å². The molecular formula is C15H24O3. The van der Waals surface area contributed by atoms with E-state index in [4.69, 9.17) is 9.47 Å². The monoisotopic (exact) mass is 252 g/mol. The molecule has 2 atom stereocenters. The van der Waals surface area contributed by atoms with Crippen LogP contribution in [0.5, 0.6) is 0 Å². The lowest BCUT2D eigenvalue weighted by atomic mass is 9.76. The zero-order chi connectivity index (χ0) is 13.2. The Balaban J connectivity index is 1.84. The normalized spacial score (nSPS) is 30.9. The SMILES string of the molecule is CC1=C[C@@H](OC(=O)C[C@@H]2CCCO2)CC(C)(C)C1. The number of hydrogen-bond acceptors (Lipinski definition) is 3. The maximum atomic E-state index is 11.9. The molecule has 0 aromatic carbocycles. The molecule has 1 aliphatic carbocycles. The maximum absolute atomic E-state index is 11.9. The quantitative estimate of drug-likeness (QED) is 0.571. The molecule has 0 amide bonds. The van der Waals surface area contributed by atoms with Crippen molar-refractivity contribution in [2.75, 3.05) is 6.61 Å². The van der Waals surface area contributed by atoms with Gasteiger partial charge in [-0.2, -0.15) is 0 Å². The number of esters is 1. The van der Waals surface area contributed by atoms with Crippen LogP contribution in [-0.2, 0) is 14.3 Å². The minimum atomic E-state index is -0.117. The van der Waals surface area contributed by atoms with E-state index < -0.39 is 0 Å². The number of carbonyl (C=O) groups is 1. The first-order valence-corrected chi connectivity index (χ1v) is 6.93. The number of carbonyl (C=O) groups excluding carboxylic acids is 1. The van der Waals surface area contributed by atoms with Gasteiger partial charge in [-0.1, -0.05) is 19.4 Å². The van der Waals surface area contributed by atoms with Crippen LogP contribution in [0.15, 0.2) is 11.6 Å². The Morgan fingerprint density at radius 2 is 2.33 bits per heavy atom. The Bertz CT molecular complexity index is 338. The summed E-state index contributed by atoms with van der Waals surface area (Å²) >= 11 is 0. The van der Waals surface area contributed by atoms with Gasteiger partial charge in [0.25, 0.3) is 0 Å². The van der Waals surface area contributed by atoms with Gasteiger partial charge in [0.1, 0.15) is 6.10 Å². The fourth-order valence-corrected chi connectivity index (χ4v) is 3.09. The maximum Gasteiger partial charge on any atom is 0.309 e. The summed E-state index contributed by atoms with van der Waals surface area (Å²) in [5, 5.41) is 0. The zero-order valence-electron chi connectivity index (χ0n) is 11.7. The molecular weight excluding hydrogens is 228 g/mol. The van der Waals surface area contributed by atoms with Crippen LogP contribution < -0.4 is 0 Å². The summed E-state index contributed by atoms with van der Waals surface area (Å²) in [6, 6.07) is 0. The third-order valence-corrected chi connectivity index (χ3v) is 3.68. The topological polar surface area (TPSA) is 35.5 Å². The lowest BCUT2D eigenvalue weighted by molar-refractivity contribution is -0.150. The van der Waals surface area contributed by atoms with E-state index in [0.717, 1.165) is 32.3 Å². The smallest absolute Gasteiger partial charge is 0.309 e. The minimum absolute atomic E-state index is 0.0531. The average Bonchev–Trinajstić information content (AvgIpc) is 2.66. The first kappa shape index (κ1) is 13.6. The third-order valence-electron chi connectivity index (χ3n) is 3.68. The van der Waals surface area contributed by atoms with E-state index in [1.54, 1.807) is 0 Å². The number of hydrogen-bond donors (Lipinski definition) is 0. The Kier molecular flexibility index (Phi) is 4.10. The Hall–Kier alpha value is -0.830. The summed E-state index contributed by atoms with van der Waals surface area (Å²) in [5.74, 6) is -0.117. The molecule has 0 bridgehead atoms. The summed E-state index contributed by atoms with van der Waals surface area (Å²) in [6.07, 6.45) is 6.59. The lowest BCUT2D eigenvalue weighted by Gasteiger charge is -2.33. The van der Waals surface area contributed by atoms with Gasteiger partial charge < -0.3 is 9.47 Å². The Morgan fingerprint density at radius 1 is 1.56 bits per heavy atom. The van der Waals surface area contributed by atoms with Crippen molar-refractivity contribution >= 4 is 5.97 Å². The average molecular weight is 252 g/mol. The second kappa shape index (κ2) is 5.43. The first-order chi connectivity index (χ1) is 8.44. The fraction of sp³-hybridized carbons (Fsp3) is 0.800. The standard InChI is InChI=1S/C15H24O3/c1-11-7-13(10-15(2,3)9-11)18-14(16)8-12-5-4-6-17-12/h7,12-13H,4-6,8-10H2,1-3H3/t12-,13+/m0/s1. The van der Waals surface area contributed by atoms with Crippen molar-refractivity contribution < 1.29 is 14.3 Å². The number of allylic oxidation sites excluding steroid dienone is 1. The number of rotatable bonds is 3. The minimum Gasteiger partial charge on any atom is -0.458 e. The van der Waals surface area contributed by atoms with Crippen LogP contribution in [0.25, 0.3) is 0 Å². The predicted molar refractivity (Wildman–Crippen MR) is 70.2 cm³/mol. The highest BCUT2D eigenvalue weighted by Crippen LogP contribution is 2.36. The summed E-state index contributed by atoms with van der Waals surface area (Å²) in [4.78, 5) is 11.9. The lowest BCUT2D eigenvalue weighted by Crippen LogP contribution is -2.29. The molecule has 0 radical (unpaired) electrons. The van der Waals surface area contributed by atoms with Gasteiger partial charge >= 0.3 is 5.97 Å². The highest BCUT2D eigenvalue weighted by Gasteiger charge is 2.30. The van der Waals surface area contributed by atoms with Gasteiger partial charge in [-0.15, -0.1) is 0 Å². The van der Waals surface area contributed by atoms with Crippen LogP contribution in [0.4, 0.5) is 0 Å². The molecule has 1 heterocycles. The fourth-order valence-electron chi connectivity index (χ4n) is 3.09. The third kappa shape index (κ3) is 3.84. The van der Waals surface area contributed by atoms with Gasteiger partial charge in [0.05, 0.1) is 12.5 Å². The Labute approximate surface area is 110 Å². The van der Waals surface area contributed by atoms with E-state index in [0.29, 0.717) is 6.42 Å². The van der Waals surface area contributed by atoms with E-state index >= 15 is 0 Å². The van der Waals surface area contributed by atoms with E-state index in [-0.39, 0.29) is 23.6 Å². The molecule has 1 fully saturated rings. The molecule has 18 heavy (non-hydrogen) atoms. The molecule has 2 aliphatic rings. The van der Waals surface area contributed by atoms with Crippen molar-refractivity contribution in [1.29, 1.82) is 0 Å². The van der Waals surface area contributed by atoms with Gasteiger partial charge in [0.2, 0.25) is 0 Å². The summed E-state index contributed by atoms with van der Waals surface area (Å²) < 4.78 is 11.0. The van der Waals surface area contributed by atoms with Crippen molar-refractivity contribution in [3.8, 4) is 0 Å². The van der Waals surface area contributed by atoms with E-state index in [2.05, 4.69) is 26.8 Å². The molecule has 0 N–H and O–H groups in total. The zero-order valence-corrected chi connectivity index (χ0v) is 11.7. The molecule has 3 heteroatoms. The molecule has 0 saturated carbocycles. The van der Waals surface area contributed by atoms with Gasteiger partial charge in [-0.05, 0) is 44.1 Å². The summed E-state index contributed by atoms with van der Waals surface area (Å²) in [5.41, 5.74) is 1.55. The summed E-state index contributed by atoms with van der Waals surface area (Å²) in [6.45, 7) is 7.35. The van der Waals surface area contributed by atoms with Crippen molar-refractivity contribution in [3.63, 3.8) is 0 Å². The van der Waals surface area contributed by atoms with Crippen molar-refractivity contribution in [1.82, 2.24) is 0 Å². The highest BCUT2D eigenvalue weighted by atomic mass is 16.5. The van der Waals surface area contributed by atoms with Crippen LogP contribution in [-0.4, -0.2) is 24.8 Å². The second-order valence-corrected chi connectivity index (χ2v) is 6.43. The van der Waals surface area contributed by atoms with Crippen LogP contribution in [0.1, 0.15) is 52.9 Å². The molecule has 0 spiro atoms. The van der Waals surface area contributed by atoms with Crippen molar-refractivity contribution in [2.45, 2.75) is 65.1 Å². The molecule has 2 rings (SSSR count). The molecule has 3 nitrogen and oxygen atoms in total. The Morgan fingerprint density at radius 3 is 2.94 bits per heavy atom. The molecule has 0 aromatic rings. The molecule has 0 aromatic heterocycles. The van der Waals surface area contributed by atoms with Crippen LogP contribution >= 0.6 is 0 Å².